The lowest BCUT2D eigenvalue weighted by Crippen LogP contribution is -2.34. The van der Waals surface area contributed by atoms with Crippen molar-refractivity contribution in [2.24, 2.45) is 11.8 Å². The second-order valence-corrected chi connectivity index (χ2v) is 4.52. The van der Waals surface area contributed by atoms with Crippen LogP contribution in [-0.2, 0) is 0 Å². The van der Waals surface area contributed by atoms with Crippen molar-refractivity contribution in [3.05, 3.63) is 0 Å². The van der Waals surface area contributed by atoms with Crippen molar-refractivity contribution < 1.29 is 0 Å². The summed E-state index contributed by atoms with van der Waals surface area (Å²) >= 11 is 0. The van der Waals surface area contributed by atoms with Gasteiger partial charge in [0.25, 0.3) is 0 Å². The van der Waals surface area contributed by atoms with Crippen LogP contribution >= 0.6 is 0 Å². The van der Waals surface area contributed by atoms with Crippen molar-refractivity contribution in [3.8, 4) is 0 Å². The van der Waals surface area contributed by atoms with Gasteiger partial charge in [-0.05, 0) is 31.2 Å². The zero-order valence-corrected chi connectivity index (χ0v) is 10.1. The summed E-state index contributed by atoms with van der Waals surface area (Å²) in [4.78, 5) is 0. The maximum absolute atomic E-state index is 3.59. The summed E-state index contributed by atoms with van der Waals surface area (Å²) in [6.07, 6.45) is 3.97. The van der Waals surface area contributed by atoms with Gasteiger partial charge in [0.05, 0.1) is 0 Å². The van der Waals surface area contributed by atoms with Gasteiger partial charge in [0.2, 0.25) is 0 Å². The molecular formula is C12H27N. The van der Waals surface area contributed by atoms with E-state index in [0.717, 1.165) is 24.4 Å². The van der Waals surface area contributed by atoms with Crippen LogP contribution in [0.3, 0.4) is 0 Å². The largest absolute Gasteiger partial charge is 0.314 e. The van der Waals surface area contributed by atoms with Gasteiger partial charge < -0.3 is 5.32 Å². The lowest BCUT2D eigenvalue weighted by Gasteiger charge is -2.24. The molecule has 0 spiro atoms. The molecule has 0 aliphatic heterocycles. The molecular weight excluding hydrogens is 158 g/mol. The first-order valence-corrected chi connectivity index (χ1v) is 5.85. The van der Waals surface area contributed by atoms with Crippen LogP contribution in [0.2, 0.25) is 0 Å². The van der Waals surface area contributed by atoms with E-state index in [-0.39, 0.29) is 0 Å². The Hall–Kier alpha value is -0.0400. The fraction of sp³-hybridized carbons (Fsp3) is 1.00. The summed E-state index contributed by atoms with van der Waals surface area (Å²) in [6, 6.07) is 0.734. The number of hydrogen-bond acceptors (Lipinski definition) is 1. The molecule has 0 saturated heterocycles. The van der Waals surface area contributed by atoms with Crippen LogP contribution in [-0.4, -0.2) is 12.6 Å². The van der Waals surface area contributed by atoms with Crippen LogP contribution in [0.15, 0.2) is 0 Å². The van der Waals surface area contributed by atoms with Crippen molar-refractivity contribution in [2.45, 2.75) is 59.9 Å². The normalized spacial score (nSPS) is 16.2. The van der Waals surface area contributed by atoms with Crippen molar-refractivity contribution in [3.63, 3.8) is 0 Å². The van der Waals surface area contributed by atoms with Gasteiger partial charge in [-0.15, -0.1) is 0 Å². The third-order valence-corrected chi connectivity index (χ3v) is 2.85. The zero-order chi connectivity index (χ0) is 10.3. The van der Waals surface area contributed by atoms with E-state index >= 15 is 0 Å². The second-order valence-electron chi connectivity index (χ2n) is 4.52. The summed E-state index contributed by atoms with van der Waals surface area (Å²) < 4.78 is 0. The zero-order valence-electron chi connectivity index (χ0n) is 10.1. The summed E-state index contributed by atoms with van der Waals surface area (Å²) in [5.74, 6) is 1.66. The van der Waals surface area contributed by atoms with Crippen LogP contribution in [0.5, 0.6) is 0 Å². The van der Waals surface area contributed by atoms with E-state index in [1.165, 1.54) is 19.3 Å². The van der Waals surface area contributed by atoms with E-state index in [1.807, 2.05) is 0 Å². The van der Waals surface area contributed by atoms with Crippen LogP contribution < -0.4 is 5.32 Å². The predicted molar refractivity (Wildman–Crippen MR) is 61.0 cm³/mol. The molecule has 80 valence electrons. The topological polar surface area (TPSA) is 12.0 Å². The van der Waals surface area contributed by atoms with E-state index < -0.39 is 0 Å². The second kappa shape index (κ2) is 7.37. The molecule has 0 aliphatic rings. The molecule has 0 fully saturated rings. The monoisotopic (exact) mass is 185 g/mol. The van der Waals surface area contributed by atoms with Gasteiger partial charge >= 0.3 is 0 Å². The molecule has 0 amide bonds. The Bertz CT molecular complexity index is 110. The maximum atomic E-state index is 3.59. The van der Waals surface area contributed by atoms with E-state index in [2.05, 4.69) is 39.9 Å². The quantitative estimate of drug-likeness (QED) is 0.640. The predicted octanol–water partition coefficient (Wildman–Crippen LogP) is 3.45. The Labute approximate surface area is 84.3 Å². The Kier molecular flexibility index (Phi) is 7.35. The lowest BCUT2D eigenvalue weighted by molar-refractivity contribution is 0.332. The molecule has 1 heteroatoms. The van der Waals surface area contributed by atoms with Gasteiger partial charge in [-0.3, -0.25) is 0 Å². The Morgan fingerprint density at radius 1 is 1.00 bits per heavy atom. The maximum Gasteiger partial charge on any atom is 0.00925 e. The van der Waals surface area contributed by atoms with Crippen molar-refractivity contribution in [2.75, 3.05) is 6.54 Å². The fourth-order valence-electron chi connectivity index (χ4n) is 1.65. The Morgan fingerprint density at radius 2 is 1.62 bits per heavy atom. The highest BCUT2D eigenvalue weighted by molar-refractivity contribution is 4.72. The molecule has 0 saturated carbocycles. The Balaban J connectivity index is 3.79. The Morgan fingerprint density at radius 3 is 2.00 bits per heavy atom. The average molecular weight is 185 g/mol. The molecule has 2 unspecified atom stereocenters. The number of rotatable bonds is 7. The van der Waals surface area contributed by atoms with Gasteiger partial charge in [0, 0.05) is 6.04 Å². The van der Waals surface area contributed by atoms with Gasteiger partial charge in [-0.2, -0.15) is 0 Å². The van der Waals surface area contributed by atoms with Crippen LogP contribution in [0.4, 0.5) is 0 Å². The van der Waals surface area contributed by atoms with Crippen LogP contribution in [0.1, 0.15) is 53.9 Å². The lowest BCUT2D eigenvalue weighted by atomic mass is 9.92. The van der Waals surface area contributed by atoms with Gasteiger partial charge in [0.15, 0.2) is 0 Å². The third-order valence-electron chi connectivity index (χ3n) is 2.85. The highest BCUT2D eigenvalue weighted by atomic mass is 14.9. The molecule has 0 heterocycles. The number of nitrogens with one attached hydrogen (secondary N) is 1. The minimum absolute atomic E-state index is 0.734. The molecule has 2 atom stereocenters. The summed E-state index contributed by atoms with van der Waals surface area (Å²) in [7, 11) is 0. The molecule has 0 aliphatic carbocycles. The third kappa shape index (κ3) is 6.09. The minimum atomic E-state index is 0.734. The van der Waals surface area contributed by atoms with Crippen molar-refractivity contribution in [1.29, 1.82) is 0 Å². The van der Waals surface area contributed by atoms with Gasteiger partial charge in [-0.25, -0.2) is 0 Å². The molecule has 13 heavy (non-hydrogen) atoms. The first-order valence-electron chi connectivity index (χ1n) is 5.85. The molecule has 1 nitrogen and oxygen atoms in total. The molecule has 0 radical (unpaired) electrons. The van der Waals surface area contributed by atoms with E-state index in [4.69, 9.17) is 0 Å². The smallest absolute Gasteiger partial charge is 0.00925 e. The molecule has 0 aromatic carbocycles. The highest BCUT2D eigenvalue weighted by Crippen LogP contribution is 2.15. The summed E-state index contributed by atoms with van der Waals surface area (Å²) in [6.45, 7) is 12.6. The van der Waals surface area contributed by atoms with Gasteiger partial charge in [-0.1, -0.05) is 41.0 Å². The van der Waals surface area contributed by atoms with Gasteiger partial charge in [0.1, 0.15) is 0 Å². The molecule has 0 aromatic heterocycles. The highest BCUT2D eigenvalue weighted by Gasteiger charge is 2.14. The van der Waals surface area contributed by atoms with Crippen molar-refractivity contribution in [1.82, 2.24) is 5.32 Å². The van der Waals surface area contributed by atoms with Crippen LogP contribution in [0, 0.1) is 11.8 Å². The summed E-state index contributed by atoms with van der Waals surface area (Å²) in [5, 5.41) is 3.59. The fourth-order valence-corrected chi connectivity index (χ4v) is 1.65. The summed E-state index contributed by atoms with van der Waals surface area (Å²) in [5.41, 5.74) is 0. The standard InChI is InChI=1S/C12H27N/c1-6-11(5)12(13-7-2)9-8-10(3)4/h10-13H,6-9H2,1-5H3. The van der Waals surface area contributed by atoms with E-state index in [0.29, 0.717) is 0 Å². The molecule has 0 aromatic rings. The molecule has 0 rings (SSSR count). The minimum Gasteiger partial charge on any atom is -0.314 e. The van der Waals surface area contributed by atoms with Crippen molar-refractivity contribution >= 4 is 0 Å². The molecule has 0 bridgehead atoms. The molecule has 1 N–H and O–H groups in total. The SMILES string of the molecule is CCNC(CCC(C)C)C(C)CC. The first kappa shape index (κ1) is 13.0. The van der Waals surface area contributed by atoms with E-state index in [9.17, 15) is 0 Å². The van der Waals surface area contributed by atoms with Crippen LogP contribution in [0.25, 0.3) is 0 Å². The number of hydrogen-bond donors (Lipinski definition) is 1. The average Bonchev–Trinajstić information content (AvgIpc) is 2.10. The first-order chi connectivity index (χ1) is 6.11. The van der Waals surface area contributed by atoms with E-state index in [1.54, 1.807) is 0 Å².